The van der Waals surface area contributed by atoms with E-state index in [9.17, 15) is 23.4 Å². The van der Waals surface area contributed by atoms with Gasteiger partial charge >= 0.3 is 0 Å². The van der Waals surface area contributed by atoms with Crippen molar-refractivity contribution < 1.29 is 18.6 Å². The molecule has 0 aliphatic rings. The highest BCUT2D eigenvalue weighted by Gasteiger charge is 2.20. The van der Waals surface area contributed by atoms with Crippen LogP contribution in [-0.4, -0.2) is 48.5 Å². The van der Waals surface area contributed by atoms with Gasteiger partial charge in [0.2, 0.25) is 17.8 Å². The van der Waals surface area contributed by atoms with Gasteiger partial charge in [-0.15, -0.1) is 0 Å². The van der Waals surface area contributed by atoms with E-state index >= 15 is 0 Å². The van der Waals surface area contributed by atoms with Gasteiger partial charge in [0.05, 0.1) is 10.6 Å². The second kappa shape index (κ2) is 11.9. The number of H-pyrrole nitrogens is 1. The maximum absolute atomic E-state index is 13.3. The molecular weight excluding hydrogens is 634 g/mol. The van der Waals surface area contributed by atoms with Gasteiger partial charge in [-0.25, -0.2) is 28.1 Å². The fourth-order valence-electron chi connectivity index (χ4n) is 4.57. The first-order chi connectivity index (χ1) is 21.9. The predicted molar refractivity (Wildman–Crippen MR) is 173 cm³/mol. The Labute approximate surface area is 266 Å². The summed E-state index contributed by atoms with van der Waals surface area (Å²) in [6.45, 7) is 3.47. The number of anilines is 5. The molecule has 14 nitrogen and oxygen atoms in total. The minimum Gasteiger partial charge on any atom is -0.508 e. The van der Waals surface area contributed by atoms with E-state index in [-0.39, 0.29) is 56.5 Å². The zero-order chi connectivity index (χ0) is 32.6. The van der Waals surface area contributed by atoms with Crippen LogP contribution in [0.5, 0.6) is 11.5 Å². The van der Waals surface area contributed by atoms with Crippen molar-refractivity contribution in [3.63, 3.8) is 0 Å². The van der Waals surface area contributed by atoms with Crippen molar-refractivity contribution in [1.82, 2.24) is 29.9 Å². The number of aromatic hydroxyl groups is 2. The van der Waals surface area contributed by atoms with Gasteiger partial charge in [0.25, 0.3) is 15.6 Å². The lowest BCUT2D eigenvalue weighted by Crippen LogP contribution is -2.16. The van der Waals surface area contributed by atoms with Crippen LogP contribution in [-0.2, 0) is 10.0 Å². The Kier molecular flexibility index (Phi) is 7.85. The van der Waals surface area contributed by atoms with Crippen LogP contribution in [0.1, 0.15) is 11.4 Å². The first kappa shape index (κ1) is 30.2. The van der Waals surface area contributed by atoms with Crippen LogP contribution >= 0.6 is 11.6 Å². The number of benzene rings is 3. The minimum atomic E-state index is -4.00. The zero-order valence-corrected chi connectivity index (χ0v) is 25.6. The maximum atomic E-state index is 13.3. The molecule has 0 unspecified atom stereocenters. The fraction of sp³-hybridized carbons (Fsp3) is 0.0667. The van der Waals surface area contributed by atoms with E-state index in [1.54, 1.807) is 44.2 Å². The number of rotatable bonds is 8. The van der Waals surface area contributed by atoms with E-state index in [0.717, 1.165) is 6.07 Å². The second-order valence-corrected chi connectivity index (χ2v) is 12.2. The lowest BCUT2D eigenvalue weighted by molar-refractivity contribution is 0.452. The molecule has 3 heterocycles. The van der Waals surface area contributed by atoms with Crippen molar-refractivity contribution in [3.8, 4) is 22.8 Å². The monoisotopic (exact) mass is 657 g/mol. The summed E-state index contributed by atoms with van der Waals surface area (Å²) in [7, 11) is -4.00. The van der Waals surface area contributed by atoms with E-state index in [1.807, 2.05) is 0 Å². The third-order valence-electron chi connectivity index (χ3n) is 6.52. The van der Waals surface area contributed by atoms with Gasteiger partial charge in [0, 0.05) is 39.4 Å². The Bertz CT molecular complexity index is 2280. The van der Waals surface area contributed by atoms with Crippen LogP contribution in [0.15, 0.2) is 82.5 Å². The number of aryl methyl sites for hydroxylation is 2. The molecule has 0 spiro atoms. The smallest absolute Gasteiger partial charge is 0.264 e. The number of nitrogens with zero attached hydrogens (tertiary/aromatic N) is 5. The van der Waals surface area contributed by atoms with Crippen molar-refractivity contribution in [2.75, 3.05) is 15.4 Å². The lowest BCUT2D eigenvalue weighted by Gasteiger charge is -2.13. The summed E-state index contributed by atoms with van der Waals surface area (Å²) < 4.78 is 28.3. The molecule has 0 aliphatic heterocycles. The van der Waals surface area contributed by atoms with Crippen molar-refractivity contribution in [3.05, 3.63) is 99.6 Å². The van der Waals surface area contributed by atoms with Crippen LogP contribution < -0.4 is 20.9 Å². The van der Waals surface area contributed by atoms with Gasteiger partial charge in [-0.2, -0.15) is 9.97 Å². The van der Waals surface area contributed by atoms with Gasteiger partial charge in [-0.05, 0) is 74.5 Å². The third-order valence-corrected chi connectivity index (χ3v) is 8.10. The fourth-order valence-corrected chi connectivity index (χ4v) is 5.71. The SMILES string of the molecule is Cc1cc(C)nc(NS(=O)(=O)c2ccc(Nc3nc(-c4ccc(O)cc4O)c4c(=O)[nH]c(Nc5cccc(Cl)c5)nc4n3)cc2)n1. The molecular formula is C30H24ClN9O5S. The number of aromatic nitrogens is 6. The maximum Gasteiger partial charge on any atom is 0.264 e. The van der Waals surface area contributed by atoms with Crippen molar-refractivity contribution in [2.45, 2.75) is 18.7 Å². The topological polar surface area (TPSA) is 208 Å². The third kappa shape index (κ3) is 6.50. The van der Waals surface area contributed by atoms with Gasteiger partial charge in [-0.1, -0.05) is 17.7 Å². The number of nitrogens with one attached hydrogen (secondary N) is 4. The molecule has 0 fully saturated rings. The van der Waals surface area contributed by atoms with Crippen LogP contribution in [0.2, 0.25) is 5.02 Å². The largest absolute Gasteiger partial charge is 0.508 e. The number of hydrogen-bond acceptors (Lipinski definition) is 12. The molecule has 16 heteroatoms. The summed E-state index contributed by atoms with van der Waals surface area (Å²) in [5.74, 6) is -0.506. The Balaban J connectivity index is 1.37. The van der Waals surface area contributed by atoms with E-state index < -0.39 is 15.6 Å². The normalized spacial score (nSPS) is 11.4. The minimum absolute atomic E-state index is 0.0147. The van der Waals surface area contributed by atoms with E-state index in [4.69, 9.17) is 11.6 Å². The first-order valence-electron chi connectivity index (χ1n) is 13.5. The average molecular weight is 658 g/mol. The standard InChI is InChI=1S/C30H24ClN9O5S/c1-15-12-16(2)33-30(32-15)40-46(44,45)21-9-6-18(7-10-21)34-28-36-25(22-11-8-20(41)14-23(22)42)24-26(37-28)38-29(39-27(24)43)35-19-5-3-4-17(31)13-19/h3-14,41-42H,1-2H3,(H,32,33,40)(H3,34,35,36,37,38,39,43). The number of aromatic amines is 1. The quantitative estimate of drug-likeness (QED) is 0.126. The summed E-state index contributed by atoms with van der Waals surface area (Å²) >= 11 is 6.09. The van der Waals surface area contributed by atoms with E-state index in [1.165, 1.54) is 36.4 Å². The van der Waals surface area contributed by atoms with Crippen LogP contribution in [0.25, 0.3) is 22.3 Å². The Morgan fingerprint density at radius 1 is 0.783 bits per heavy atom. The van der Waals surface area contributed by atoms with E-state index in [0.29, 0.717) is 27.8 Å². The molecule has 0 saturated carbocycles. The van der Waals surface area contributed by atoms with Gasteiger partial charge < -0.3 is 20.8 Å². The molecule has 0 amide bonds. The lowest BCUT2D eigenvalue weighted by atomic mass is 10.1. The molecule has 0 saturated heterocycles. The van der Waals surface area contributed by atoms with Crippen molar-refractivity contribution in [1.29, 1.82) is 0 Å². The summed E-state index contributed by atoms with van der Waals surface area (Å²) in [5, 5.41) is 26.9. The Morgan fingerprint density at radius 3 is 2.22 bits per heavy atom. The first-order valence-corrected chi connectivity index (χ1v) is 15.4. The number of halogens is 1. The molecule has 46 heavy (non-hydrogen) atoms. The van der Waals surface area contributed by atoms with Gasteiger partial charge in [-0.3, -0.25) is 9.78 Å². The zero-order valence-electron chi connectivity index (χ0n) is 24.1. The molecule has 0 radical (unpaired) electrons. The molecule has 6 aromatic rings. The molecule has 6 rings (SSSR count). The Morgan fingerprint density at radius 2 is 1.52 bits per heavy atom. The van der Waals surface area contributed by atoms with Gasteiger partial charge in [0.1, 0.15) is 16.9 Å². The molecule has 3 aromatic heterocycles. The summed E-state index contributed by atoms with van der Waals surface area (Å²) in [5.41, 5.74) is 1.75. The van der Waals surface area contributed by atoms with Gasteiger partial charge in [0.15, 0.2) is 5.65 Å². The molecule has 0 atom stereocenters. The Hall–Kier alpha value is -5.80. The van der Waals surface area contributed by atoms with Crippen LogP contribution in [0.4, 0.5) is 29.2 Å². The number of sulfonamides is 1. The number of phenols is 2. The highest BCUT2D eigenvalue weighted by molar-refractivity contribution is 7.92. The van der Waals surface area contributed by atoms with Crippen molar-refractivity contribution in [2.24, 2.45) is 0 Å². The van der Waals surface area contributed by atoms with Crippen LogP contribution in [0.3, 0.4) is 0 Å². The predicted octanol–water partition coefficient (Wildman–Crippen LogP) is 5.14. The van der Waals surface area contributed by atoms with Crippen LogP contribution in [0, 0.1) is 13.8 Å². The summed E-state index contributed by atoms with van der Waals surface area (Å²) in [6, 6.07) is 18.1. The average Bonchev–Trinajstić information content (AvgIpc) is 2.96. The number of fused-ring (bicyclic) bond motifs is 1. The molecule has 3 aromatic carbocycles. The highest BCUT2D eigenvalue weighted by atomic mass is 35.5. The molecule has 0 aliphatic carbocycles. The van der Waals surface area contributed by atoms with E-state index in [2.05, 4.69) is 45.3 Å². The highest BCUT2D eigenvalue weighted by Crippen LogP contribution is 2.34. The van der Waals surface area contributed by atoms with Crippen molar-refractivity contribution >= 4 is 61.9 Å². The molecule has 0 bridgehead atoms. The summed E-state index contributed by atoms with van der Waals surface area (Å²) in [4.78, 5) is 37.6. The number of phenolic OH excluding ortho intramolecular Hbond substituents is 2. The molecule has 232 valence electrons. The molecule has 6 N–H and O–H groups in total. The summed E-state index contributed by atoms with van der Waals surface area (Å²) in [6.07, 6.45) is 0. The number of hydrogen-bond donors (Lipinski definition) is 6. The second-order valence-electron chi connectivity index (χ2n) is 10.1.